The van der Waals surface area contributed by atoms with Gasteiger partial charge in [0.05, 0.1) is 0 Å². The van der Waals surface area contributed by atoms with Gasteiger partial charge in [0.25, 0.3) is 0 Å². The van der Waals surface area contributed by atoms with Crippen molar-refractivity contribution in [1.82, 2.24) is 9.97 Å². The number of hydrogen-bond acceptors (Lipinski definition) is 2. The fraction of sp³-hybridized carbons (Fsp3) is 0.167. The number of aromatic nitrogens is 2. The summed E-state index contributed by atoms with van der Waals surface area (Å²) >= 11 is 0. The molecule has 1 aromatic heterocycles. The van der Waals surface area contributed by atoms with Gasteiger partial charge in [-0.3, -0.25) is 0 Å². The first-order valence-electron chi connectivity index (χ1n) is 4.78. The van der Waals surface area contributed by atoms with E-state index < -0.39 is 0 Å². The highest BCUT2D eigenvalue weighted by atomic mass is 16.1. The summed E-state index contributed by atoms with van der Waals surface area (Å²) in [6.07, 6.45) is 13.0. The van der Waals surface area contributed by atoms with Crippen molar-refractivity contribution < 1.29 is 0 Å². The number of hydrogen-bond donors (Lipinski definition) is 1. The van der Waals surface area contributed by atoms with Crippen molar-refractivity contribution in [1.29, 1.82) is 0 Å². The van der Waals surface area contributed by atoms with Gasteiger partial charge < -0.3 is 4.98 Å². The van der Waals surface area contributed by atoms with Gasteiger partial charge in [-0.05, 0) is 19.4 Å². The van der Waals surface area contributed by atoms with Crippen LogP contribution in [0.2, 0.25) is 0 Å². The summed E-state index contributed by atoms with van der Waals surface area (Å²) in [4.78, 5) is 17.0. The Morgan fingerprint density at radius 2 is 2.20 bits per heavy atom. The minimum Gasteiger partial charge on any atom is -0.312 e. The van der Waals surface area contributed by atoms with Crippen LogP contribution in [0.15, 0.2) is 47.6 Å². The molecule has 0 amide bonds. The number of aromatic amines is 1. The Morgan fingerprint density at radius 3 is 2.73 bits per heavy atom. The second kappa shape index (κ2) is 5.75. The van der Waals surface area contributed by atoms with E-state index in [-0.39, 0.29) is 5.69 Å². The third kappa shape index (κ3) is 3.38. The fourth-order valence-electron chi connectivity index (χ4n) is 1.13. The van der Waals surface area contributed by atoms with Crippen LogP contribution in [0.5, 0.6) is 0 Å². The Bertz CT molecular complexity index is 432. The summed E-state index contributed by atoms with van der Waals surface area (Å²) in [5.41, 5.74) is 1.58. The highest BCUT2D eigenvalue weighted by Crippen LogP contribution is 2.12. The minimum absolute atomic E-state index is 0.329. The van der Waals surface area contributed by atoms with Crippen LogP contribution in [0, 0.1) is 0 Å². The lowest BCUT2D eigenvalue weighted by Gasteiger charge is -1.99. The van der Waals surface area contributed by atoms with Crippen molar-refractivity contribution in [2.24, 2.45) is 0 Å². The summed E-state index contributed by atoms with van der Waals surface area (Å²) in [6, 6.07) is 0. The first-order valence-corrected chi connectivity index (χ1v) is 4.78. The van der Waals surface area contributed by atoms with E-state index >= 15 is 0 Å². The highest BCUT2D eigenvalue weighted by Gasteiger charge is 1.96. The van der Waals surface area contributed by atoms with Gasteiger partial charge in [0, 0.05) is 18.0 Å². The number of nitrogens with one attached hydrogen (secondary N) is 1. The van der Waals surface area contributed by atoms with Crippen LogP contribution < -0.4 is 5.69 Å². The van der Waals surface area contributed by atoms with Crippen LogP contribution in [-0.4, -0.2) is 9.97 Å². The maximum Gasteiger partial charge on any atom is 0.344 e. The van der Waals surface area contributed by atoms with Crippen molar-refractivity contribution in [3.8, 4) is 0 Å². The lowest BCUT2D eigenvalue weighted by molar-refractivity contribution is 1.07. The van der Waals surface area contributed by atoms with E-state index in [1.807, 2.05) is 44.2 Å². The molecule has 0 atom stereocenters. The molecule has 0 aliphatic carbocycles. The molecule has 3 heteroatoms. The molecule has 0 saturated heterocycles. The summed E-state index contributed by atoms with van der Waals surface area (Å²) in [7, 11) is 0. The molecule has 1 N–H and O–H groups in total. The minimum atomic E-state index is -0.329. The molecule has 1 aromatic rings. The monoisotopic (exact) mass is 202 g/mol. The third-order valence-electron chi connectivity index (χ3n) is 1.82. The molecule has 0 bridgehead atoms. The van der Waals surface area contributed by atoms with E-state index in [0.29, 0.717) is 0 Å². The molecule has 0 spiro atoms. The lowest BCUT2D eigenvalue weighted by atomic mass is 10.1. The quantitative estimate of drug-likeness (QED) is 0.764. The first kappa shape index (κ1) is 11.2. The molecule has 3 nitrogen and oxygen atoms in total. The van der Waals surface area contributed by atoms with Gasteiger partial charge in [-0.1, -0.05) is 30.4 Å². The molecule has 0 aromatic carbocycles. The maximum atomic E-state index is 10.8. The highest BCUT2D eigenvalue weighted by molar-refractivity contribution is 5.74. The van der Waals surface area contributed by atoms with Gasteiger partial charge in [0.2, 0.25) is 0 Å². The summed E-state index contributed by atoms with van der Waals surface area (Å²) in [6.45, 7) is 3.90. The van der Waals surface area contributed by atoms with Gasteiger partial charge in [0.1, 0.15) is 0 Å². The second-order valence-electron chi connectivity index (χ2n) is 2.96. The molecule has 1 rings (SSSR count). The SMILES string of the molecule is C\C=C/C=C(\C=C/C)c1cnc(=O)[nH]c1. The summed E-state index contributed by atoms with van der Waals surface area (Å²) in [5, 5.41) is 0. The van der Waals surface area contributed by atoms with E-state index in [4.69, 9.17) is 0 Å². The van der Waals surface area contributed by atoms with Crippen LogP contribution >= 0.6 is 0 Å². The van der Waals surface area contributed by atoms with E-state index in [0.717, 1.165) is 11.1 Å². The summed E-state index contributed by atoms with van der Waals surface area (Å²) in [5.74, 6) is 0. The maximum absolute atomic E-state index is 10.8. The summed E-state index contributed by atoms with van der Waals surface area (Å²) < 4.78 is 0. The van der Waals surface area contributed by atoms with Crippen LogP contribution in [0.4, 0.5) is 0 Å². The molecular weight excluding hydrogens is 188 g/mol. The number of H-pyrrole nitrogens is 1. The average Bonchev–Trinajstić information content (AvgIpc) is 2.25. The molecule has 15 heavy (non-hydrogen) atoms. The van der Waals surface area contributed by atoms with Gasteiger partial charge in [-0.15, -0.1) is 0 Å². The van der Waals surface area contributed by atoms with Crippen LogP contribution in [-0.2, 0) is 0 Å². The largest absolute Gasteiger partial charge is 0.344 e. The molecule has 0 radical (unpaired) electrons. The molecular formula is C12H14N2O. The van der Waals surface area contributed by atoms with Gasteiger partial charge in [-0.25, -0.2) is 9.78 Å². The van der Waals surface area contributed by atoms with Crippen LogP contribution in [0.1, 0.15) is 19.4 Å². The standard InChI is InChI=1S/C12H14N2O/c1-3-5-7-10(6-4-2)11-8-13-12(15)14-9-11/h3-9H,1-2H3,(H,13,14,15)/b5-3-,6-4-,10-7+. The zero-order valence-corrected chi connectivity index (χ0v) is 8.90. The van der Waals surface area contributed by atoms with Gasteiger partial charge >= 0.3 is 5.69 Å². The van der Waals surface area contributed by atoms with Crippen molar-refractivity contribution >= 4 is 5.57 Å². The first-order chi connectivity index (χ1) is 7.27. The van der Waals surface area contributed by atoms with E-state index in [2.05, 4.69) is 9.97 Å². The van der Waals surface area contributed by atoms with Crippen molar-refractivity contribution in [2.45, 2.75) is 13.8 Å². The molecule has 0 saturated carbocycles. The van der Waals surface area contributed by atoms with Crippen LogP contribution in [0.3, 0.4) is 0 Å². The number of allylic oxidation sites excluding steroid dienone is 6. The molecule has 0 aliphatic rings. The molecule has 0 unspecified atom stereocenters. The predicted molar refractivity (Wildman–Crippen MR) is 62.5 cm³/mol. The zero-order valence-electron chi connectivity index (χ0n) is 8.90. The normalized spacial score (nSPS) is 12.8. The Kier molecular flexibility index (Phi) is 4.29. The smallest absolute Gasteiger partial charge is 0.312 e. The number of rotatable bonds is 3. The van der Waals surface area contributed by atoms with E-state index in [1.54, 1.807) is 12.4 Å². The van der Waals surface area contributed by atoms with Crippen molar-refractivity contribution in [3.63, 3.8) is 0 Å². The lowest BCUT2D eigenvalue weighted by Crippen LogP contribution is -2.08. The third-order valence-corrected chi connectivity index (χ3v) is 1.82. The predicted octanol–water partition coefficient (Wildman–Crippen LogP) is 2.31. The topological polar surface area (TPSA) is 45.8 Å². The molecule has 0 fully saturated rings. The Balaban J connectivity index is 3.09. The van der Waals surface area contributed by atoms with Crippen LogP contribution in [0.25, 0.3) is 5.57 Å². The van der Waals surface area contributed by atoms with Gasteiger partial charge in [-0.2, -0.15) is 0 Å². The Hall–Kier alpha value is -1.90. The fourth-order valence-corrected chi connectivity index (χ4v) is 1.13. The van der Waals surface area contributed by atoms with Crippen molar-refractivity contribution in [2.75, 3.05) is 0 Å². The Morgan fingerprint density at radius 1 is 1.40 bits per heavy atom. The van der Waals surface area contributed by atoms with E-state index in [1.165, 1.54) is 0 Å². The zero-order chi connectivity index (χ0) is 11.1. The molecule has 1 heterocycles. The number of nitrogens with zero attached hydrogens (tertiary/aromatic N) is 1. The molecule has 0 aliphatic heterocycles. The van der Waals surface area contributed by atoms with E-state index in [9.17, 15) is 4.79 Å². The Labute approximate surface area is 88.9 Å². The van der Waals surface area contributed by atoms with Gasteiger partial charge in [0.15, 0.2) is 0 Å². The molecule has 78 valence electrons. The second-order valence-corrected chi connectivity index (χ2v) is 2.96. The van der Waals surface area contributed by atoms with Crippen molar-refractivity contribution in [3.05, 3.63) is 58.8 Å². The average molecular weight is 202 g/mol.